The van der Waals surface area contributed by atoms with Gasteiger partial charge in [-0.25, -0.2) is 0 Å². The summed E-state index contributed by atoms with van der Waals surface area (Å²) in [6, 6.07) is 10.1. The van der Waals surface area contributed by atoms with Crippen LogP contribution in [0, 0.1) is 17.2 Å². The summed E-state index contributed by atoms with van der Waals surface area (Å²) in [5.41, 5.74) is 1.96. The predicted molar refractivity (Wildman–Crippen MR) is 90.7 cm³/mol. The predicted octanol–water partition coefficient (Wildman–Crippen LogP) is 3.40. The average molecular weight is 301 g/mol. The van der Waals surface area contributed by atoms with Crippen LogP contribution in [-0.4, -0.2) is 30.4 Å². The molecule has 0 aliphatic rings. The van der Waals surface area contributed by atoms with Crippen LogP contribution in [0.5, 0.6) is 0 Å². The lowest BCUT2D eigenvalue weighted by Gasteiger charge is -2.24. The molecule has 0 saturated carbocycles. The quantitative estimate of drug-likeness (QED) is 0.876. The molecule has 0 saturated heterocycles. The second kappa shape index (κ2) is 7.95. The van der Waals surface area contributed by atoms with Crippen molar-refractivity contribution in [3.05, 3.63) is 29.8 Å². The second-order valence-corrected chi connectivity index (χ2v) is 6.70. The van der Waals surface area contributed by atoms with Gasteiger partial charge in [-0.15, -0.1) is 0 Å². The Bertz CT molecular complexity index is 540. The summed E-state index contributed by atoms with van der Waals surface area (Å²) < 4.78 is 0. The Balaban J connectivity index is 2.75. The average Bonchev–Trinajstić information content (AvgIpc) is 2.45. The molecule has 22 heavy (non-hydrogen) atoms. The summed E-state index contributed by atoms with van der Waals surface area (Å²) in [5.74, 6) is -0.113. The van der Waals surface area contributed by atoms with E-state index in [9.17, 15) is 4.79 Å². The van der Waals surface area contributed by atoms with E-state index in [-0.39, 0.29) is 17.2 Å². The Morgan fingerprint density at radius 3 is 2.55 bits per heavy atom. The van der Waals surface area contributed by atoms with E-state index in [2.05, 4.69) is 32.2 Å². The standard InChI is InChI=1S/C18H27N3O/c1-6-21(12-14(2)11-19)13-17(22)20-16-10-8-7-9-15(16)18(3,4)5/h7-10,14H,6,12-13H2,1-5H3,(H,20,22). The maximum Gasteiger partial charge on any atom is 0.238 e. The van der Waals surface area contributed by atoms with Gasteiger partial charge in [0.05, 0.1) is 18.5 Å². The highest BCUT2D eigenvalue weighted by Crippen LogP contribution is 2.29. The van der Waals surface area contributed by atoms with E-state index >= 15 is 0 Å². The van der Waals surface area contributed by atoms with Crippen LogP contribution < -0.4 is 5.32 Å². The number of para-hydroxylation sites is 1. The summed E-state index contributed by atoms with van der Waals surface area (Å²) in [7, 11) is 0. The summed E-state index contributed by atoms with van der Waals surface area (Å²) in [6.45, 7) is 11.9. The fraction of sp³-hybridized carbons (Fsp3) is 0.556. The Hall–Kier alpha value is -1.86. The van der Waals surface area contributed by atoms with Crippen molar-refractivity contribution in [2.24, 2.45) is 5.92 Å². The number of carbonyl (C=O) groups is 1. The Kier molecular flexibility index (Phi) is 6.58. The summed E-state index contributed by atoms with van der Waals surface area (Å²) in [6.07, 6.45) is 0. The maximum absolute atomic E-state index is 12.3. The topological polar surface area (TPSA) is 56.1 Å². The third-order valence-electron chi connectivity index (χ3n) is 3.58. The van der Waals surface area contributed by atoms with Gasteiger partial charge >= 0.3 is 0 Å². The number of nitrogens with one attached hydrogen (secondary N) is 1. The van der Waals surface area contributed by atoms with Gasteiger partial charge in [-0.2, -0.15) is 5.26 Å². The van der Waals surface area contributed by atoms with E-state index in [1.807, 2.05) is 43.0 Å². The minimum absolute atomic E-state index is 0.0242. The maximum atomic E-state index is 12.3. The van der Waals surface area contributed by atoms with Gasteiger partial charge in [-0.05, 0) is 30.5 Å². The number of hydrogen-bond acceptors (Lipinski definition) is 3. The number of hydrogen-bond donors (Lipinski definition) is 1. The fourth-order valence-corrected chi connectivity index (χ4v) is 2.37. The summed E-state index contributed by atoms with van der Waals surface area (Å²) >= 11 is 0. The van der Waals surface area contributed by atoms with Crippen molar-refractivity contribution < 1.29 is 4.79 Å². The molecule has 1 amide bonds. The van der Waals surface area contributed by atoms with Crippen LogP contribution >= 0.6 is 0 Å². The van der Waals surface area contributed by atoms with Crippen molar-refractivity contribution in [1.82, 2.24) is 4.90 Å². The molecule has 0 aliphatic carbocycles. The van der Waals surface area contributed by atoms with E-state index in [1.165, 1.54) is 0 Å². The van der Waals surface area contributed by atoms with Gasteiger partial charge in [0.25, 0.3) is 0 Å². The molecule has 1 atom stereocenters. The number of benzene rings is 1. The molecule has 1 unspecified atom stereocenters. The molecule has 120 valence electrons. The van der Waals surface area contributed by atoms with Gasteiger partial charge in [0.15, 0.2) is 0 Å². The van der Waals surface area contributed by atoms with Gasteiger partial charge < -0.3 is 5.32 Å². The Morgan fingerprint density at radius 1 is 1.36 bits per heavy atom. The summed E-state index contributed by atoms with van der Waals surface area (Å²) in [4.78, 5) is 14.3. The number of anilines is 1. The molecule has 0 heterocycles. The zero-order valence-corrected chi connectivity index (χ0v) is 14.3. The van der Waals surface area contributed by atoms with Gasteiger partial charge in [-0.1, -0.05) is 45.9 Å². The molecule has 0 fully saturated rings. The number of nitriles is 1. The van der Waals surface area contributed by atoms with Crippen molar-refractivity contribution in [3.63, 3.8) is 0 Å². The van der Waals surface area contributed by atoms with Crippen molar-refractivity contribution in [2.75, 3.05) is 25.0 Å². The minimum Gasteiger partial charge on any atom is -0.325 e. The van der Waals surface area contributed by atoms with Crippen LogP contribution in [0.3, 0.4) is 0 Å². The Labute approximate surface area is 134 Å². The van der Waals surface area contributed by atoms with Gasteiger partial charge in [0, 0.05) is 12.2 Å². The lowest BCUT2D eigenvalue weighted by atomic mass is 9.86. The monoisotopic (exact) mass is 301 g/mol. The van der Waals surface area contributed by atoms with Crippen LogP contribution in [0.25, 0.3) is 0 Å². The Morgan fingerprint density at radius 2 is 2.00 bits per heavy atom. The third kappa shape index (κ3) is 5.50. The first-order chi connectivity index (χ1) is 10.3. The largest absolute Gasteiger partial charge is 0.325 e. The molecule has 4 heteroatoms. The zero-order valence-electron chi connectivity index (χ0n) is 14.3. The highest BCUT2D eigenvalue weighted by molar-refractivity contribution is 5.93. The SMILES string of the molecule is CCN(CC(=O)Nc1ccccc1C(C)(C)C)CC(C)C#N. The highest BCUT2D eigenvalue weighted by atomic mass is 16.2. The van der Waals surface area contributed by atoms with E-state index in [4.69, 9.17) is 5.26 Å². The molecular formula is C18H27N3O. The lowest BCUT2D eigenvalue weighted by Crippen LogP contribution is -2.36. The molecule has 0 spiro atoms. The number of nitrogens with zero attached hydrogens (tertiary/aromatic N) is 2. The third-order valence-corrected chi connectivity index (χ3v) is 3.58. The van der Waals surface area contributed by atoms with E-state index in [1.54, 1.807) is 0 Å². The number of rotatable bonds is 6. The van der Waals surface area contributed by atoms with Crippen LogP contribution in [0.15, 0.2) is 24.3 Å². The molecule has 4 nitrogen and oxygen atoms in total. The molecular weight excluding hydrogens is 274 g/mol. The van der Waals surface area contributed by atoms with Crippen LogP contribution in [0.4, 0.5) is 5.69 Å². The van der Waals surface area contributed by atoms with Crippen molar-refractivity contribution in [3.8, 4) is 6.07 Å². The van der Waals surface area contributed by atoms with Gasteiger partial charge in [0.1, 0.15) is 0 Å². The first kappa shape index (κ1) is 18.2. The summed E-state index contributed by atoms with van der Waals surface area (Å²) in [5, 5.41) is 11.9. The first-order valence-electron chi connectivity index (χ1n) is 7.79. The van der Waals surface area contributed by atoms with Gasteiger partial charge in [0.2, 0.25) is 5.91 Å². The zero-order chi connectivity index (χ0) is 16.8. The first-order valence-corrected chi connectivity index (χ1v) is 7.79. The highest BCUT2D eigenvalue weighted by Gasteiger charge is 2.19. The number of amides is 1. The molecule has 1 rings (SSSR count). The van der Waals surface area contributed by atoms with Gasteiger partial charge in [-0.3, -0.25) is 9.69 Å². The fourth-order valence-electron chi connectivity index (χ4n) is 2.37. The second-order valence-electron chi connectivity index (χ2n) is 6.70. The molecule has 0 aromatic heterocycles. The molecule has 1 aromatic rings. The molecule has 1 aromatic carbocycles. The van der Waals surface area contributed by atoms with Crippen molar-refractivity contribution in [1.29, 1.82) is 5.26 Å². The lowest BCUT2D eigenvalue weighted by molar-refractivity contribution is -0.117. The van der Waals surface area contributed by atoms with Crippen LogP contribution in [-0.2, 0) is 10.2 Å². The van der Waals surface area contributed by atoms with Crippen molar-refractivity contribution in [2.45, 2.75) is 40.0 Å². The minimum atomic E-state index is -0.0744. The van der Waals surface area contributed by atoms with Crippen LogP contribution in [0.1, 0.15) is 40.2 Å². The van der Waals surface area contributed by atoms with Crippen molar-refractivity contribution >= 4 is 11.6 Å². The molecule has 0 bridgehead atoms. The van der Waals surface area contributed by atoms with E-state index in [0.29, 0.717) is 13.1 Å². The normalized spacial score (nSPS) is 12.8. The van der Waals surface area contributed by atoms with Crippen LogP contribution in [0.2, 0.25) is 0 Å². The van der Waals surface area contributed by atoms with E-state index in [0.717, 1.165) is 17.8 Å². The number of likely N-dealkylation sites (N-methyl/N-ethyl adjacent to an activating group) is 1. The smallest absolute Gasteiger partial charge is 0.238 e. The molecule has 0 aliphatic heterocycles. The number of carbonyl (C=O) groups excluding carboxylic acids is 1. The molecule has 1 N–H and O–H groups in total. The van der Waals surface area contributed by atoms with E-state index < -0.39 is 0 Å². The molecule has 0 radical (unpaired) electrons.